The molecule has 6 rings (SSSR count). The van der Waals surface area contributed by atoms with Gasteiger partial charge in [-0.1, -0.05) is 133 Å². The minimum Gasteiger partial charge on any atom is -0.460 e. The van der Waals surface area contributed by atoms with Gasteiger partial charge in [0.05, 0.1) is 6.42 Å². The number of nitrogens with zero attached hydrogens (tertiary/aromatic N) is 1. The summed E-state index contributed by atoms with van der Waals surface area (Å²) >= 11 is 0. The average Bonchev–Trinajstić information content (AvgIpc) is 3.28. The molecule has 0 bridgehead atoms. The van der Waals surface area contributed by atoms with Crippen LogP contribution in [0.1, 0.15) is 113 Å². The van der Waals surface area contributed by atoms with Gasteiger partial charge in [-0.2, -0.15) is 0 Å². The lowest BCUT2D eigenvalue weighted by molar-refractivity contribution is -0.156. The number of esters is 2. The van der Waals surface area contributed by atoms with Gasteiger partial charge in [0.15, 0.2) is 23.3 Å². The summed E-state index contributed by atoms with van der Waals surface area (Å²) in [6.45, 7) is 16.4. The minimum absolute atomic E-state index is 0.00630. The molecule has 0 aliphatic rings. The van der Waals surface area contributed by atoms with Crippen LogP contribution in [0.15, 0.2) is 164 Å². The monoisotopic (exact) mass is 902 g/mol. The van der Waals surface area contributed by atoms with Crippen LogP contribution in [0.25, 0.3) is 6.08 Å². The zero-order valence-corrected chi connectivity index (χ0v) is 39.1. The number of carbonyl (C=O) groups is 2. The van der Waals surface area contributed by atoms with Crippen LogP contribution in [-0.4, -0.2) is 28.0 Å². The molecule has 0 aliphatic heterocycles. The van der Waals surface area contributed by atoms with Crippen molar-refractivity contribution in [2.24, 2.45) is 0 Å². The number of ether oxygens (including phenoxy) is 2. The number of rotatable bonds is 14. The van der Waals surface area contributed by atoms with E-state index >= 15 is 0 Å². The predicted molar refractivity (Wildman–Crippen MR) is 256 cm³/mol. The lowest BCUT2D eigenvalue weighted by Crippen LogP contribution is -2.34. The van der Waals surface area contributed by atoms with Crippen molar-refractivity contribution in [3.05, 3.63) is 220 Å². The number of hydrogen-bond donors (Lipinski definition) is 1. The first-order valence-electron chi connectivity index (χ1n) is 22.0. The van der Waals surface area contributed by atoms with Crippen LogP contribution < -0.4 is 5.32 Å². The molecule has 6 aromatic rings. The molecule has 1 N–H and O–H groups in total. The van der Waals surface area contributed by atoms with Crippen LogP contribution in [0.4, 0.5) is 17.6 Å². The van der Waals surface area contributed by atoms with Crippen molar-refractivity contribution in [3.8, 4) is 0 Å². The number of halogens is 4. The van der Waals surface area contributed by atoms with E-state index in [0.717, 1.165) is 35.9 Å². The molecule has 0 fully saturated rings. The summed E-state index contributed by atoms with van der Waals surface area (Å²) in [6.07, 6.45) is 2.56. The molecule has 66 heavy (non-hydrogen) atoms. The van der Waals surface area contributed by atoms with Gasteiger partial charge in [-0.15, -0.1) is 0 Å². The van der Waals surface area contributed by atoms with E-state index in [1.807, 2.05) is 93.6 Å². The normalized spacial score (nSPS) is 12.8. The highest BCUT2D eigenvalue weighted by Gasteiger charge is 2.31. The Hall–Kier alpha value is -6.36. The number of benzene rings is 6. The molecule has 0 heterocycles. The summed E-state index contributed by atoms with van der Waals surface area (Å²) in [5.74, 6) is -4.64. The maximum Gasteiger partial charge on any atom is 0.331 e. The molecule has 0 radical (unpaired) electrons. The summed E-state index contributed by atoms with van der Waals surface area (Å²) in [5.41, 5.74) is 4.47. The number of hydrogen-bond acceptors (Lipinski definition) is 6. The molecule has 0 unspecified atom stereocenters. The van der Waals surface area contributed by atoms with Crippen LogP contribution in [0.3, 0.4) is 0 Å². The Morgan fingerprint density at radius 3 is 1.58 bits per heavy atom. The van der Waals surface area contributed by atoms with E-state index in [9.17, 15) is 27.2 Å². The molecule has 0 saturated heterocycles. The second-order valence-corrected chi connectivity index (χ2v) is 17.8. The van der Waals surface area contributed by atoms with E-state index in [1.165, 1.54) is 35.4 Å². The molecular weight excluding hydrogens is 841 g/mol. The average molecular weight is 903 g/mol. The standard InChI is InChI=1S/C28H31F2NO2.C15H17N.C13H14F2O2/c1-20(22-13-9-6-10-14-22)31(19-21-11-7-5-8-12-21)26(18-27(32)33-28(2,3)4)23-15-16-24(29)25(30)17-23;1-13(15-10-6-3-7-11-15)16-12-14-8-4-2-5-9-14;1-13(2,3)17-12(16)7-5-9-4-6-10(14)11(15)8-9/h5-17,20,26H,18-19H2,1-4H3;2-11,13,16H,12H2,1H3;4-8H,1-3H3/b;;7-5+/t20-,26+;13-;/m00./s1. The van der Waals surface area contributed by atoms with Crippen LogP contribution in [0, 0.1) is 23.3 Å². The maximum atomic E-state index is 14.3. The van der Waals surface area contributed by atoms with Crippen molar-refractivity contribution in [3.63, 3.8) is 0 Å². The highest BCUT2D eigenvalue weighted by molar-refractivity contribution is 5.87. The molecule has 6 aromatic carbocycles. The molecule has 0 aliphatic carbocycles. The summed E-state index contributed by atoms with van der Waals surface area (Å²) in [4.78, 5) is 26.3. The molecule has 348 valence electrons. The van der Waals surface area contributed by atoms with Crippen molar-refractivity contribution in [1.82, 2.24) is 10.2 Å². The second kappa shape index (κ2) is 25.4. The van der Waals surface area contributed by atoms with Gasteiger partial charge in [-0.3, -0.25) is 9.69 Å². The highest BCUT2D eigenvalue weighted by atomic mass is 19.2. The Kier molecular flexibility index (Phi) is 20.1. The highest BCUT2D eigenvalue weighted by Crippen LogP contribution is 2.36. The third kappa shape index (κ3) is 18.6. The van der Waals surface area contributed by atoms with Crippen molar-refractivity contribution in [2.45, 2.75) is 104 Å². The van der Waals surface area contributed by atoms with E-state index in [-0.39, 0.29) is 12.5 Å². The van der Waals surface area contributed by atoms with Crippen molar-refractivity contribution >= 4 is 18.0 Å². The van der Waals surface area contributed by atoms with E-state index in [0.29, 0.717) is 23.7 Å². The molecule has 0 aromatic heterocycles. The fourth-order valence-electron chi connectivity index (χ4n) is 6.76. The Morgan fingerprint density at radius 2 is 1.06 bits per heavy atom. The molecular formula is C56H62F4N2O4. The van der Waals surface area contributed by atoms with E-state index < -0.39 is 52.5 Å². The molecule has 6 nitrogen and oxygen atoms in total. The summed E-state index contributed by atoms with van der Waals surface area (Å²) < 4.78 is 64.1. The summed E-state index contributed by atoms with van der Waals surface area (Å²) in [6, 6.07) is 47.8. The molecule has 0 saturated carbocycles. The third-order valence-corrected chi connectivity index (χ3v) is 10.0. The number of carbonyl (C=O) groups excluding carboxylic acids is 2. The molecule has 0 spiro atoms. The fraction of sp³-hybridized carbons (Fsp3) is 0.286. The molecule has 0 amide bonds. The van der Waals surface area contributed by atoms with E-state index in [4.69, 9.17) is 9.47 Å². The zero-order chi connectivity index (χ0) is 48.3. The van der Waals surface area contributed by atoms with E-state index in [2.05, 4.69) is 72.6 Å². The zero-order valence-electron chi connectivity index (χ0n) is 39.1. The van der Waals surface area contributed by atoms with E-state index in [1.54, 1.807) is 26.8 Å². The van der Waals surface area contributed by atoms with Crippen molar-refractivity contribution < 1.29 is 36.6 Å². The molecule has 10 heteroatoms. The largest absolute Gasteiger partial charge is 0.460 e. The predicted octanol–water partition coefficient (Wildman–Crippen LogP) is 13.9. The Balaban J connectivity index is 0.000000241. The van der Waals surface area contributed by atoms with Gasteiger partial charge >= 0.3 is 11.9 Å². The van der Waals surface area contributed by atoms with Crippen LogP contribution in [-0.2, 0) is 32.2 Å². The Bertz CT molecular complexity index is 2420. The lowest BCUT2D eigenvalue weighted by atomic mass is 9.96. The van der Waals surface area contributed by atoms with Gasteiger partial charge in [0, 0.05) is 37.3 Å². The van der Waals surface area contributed by atoms with Gasteiger partial charge in [-0.05, 0) is 119 Å². The van der Waals surface area contributed by atoms with Crippen molar-refractivity contribution in [2.75, 3.05) is 0 Å². The second-order valence-electron chi connectivity index (χ2n) is 17.8. The SMILES string of the molecule is CC(C)(C)OC(=O)/C=C/c1ccc(F)c(F)c1.C[C@@H](c1ccccc1)N(Cc1ccccc1)[C@H](CC(=O)OC(C)(C)C)c1ccc(F)c(F)c1.C[C@H](NCc1ccccc1)c1ccccc1. The first kappa shape index (κ1) is 52.3. The smallest absolute Gasteiger partial charge is 0.331 e. The maximum absolute atomic E-state index is 14.3. The lowest BCUT2D eigenvalue weighted by Gasteiger charge is -2.37. The van der Waals surface area contributed by atoms with Gasteiger partial charge < -0.3 is 14.8 Å². The van der Waals surface area contributed by atoms with Gasteiger partial charge in [-0.25, -0.2) is 22.4 Å². The Labute approximate surface area is 388 Å². The van der Waals surface area contributed by atoms with Gasteiger partial charge in [0.1, 0.15) is 11.2 Å². The fourth-order valence-corrected chi connectivity index (χ4v) is 6.76. The van der Waals surface area contributed by atoms with Crippen LogP contribution >= 0.6 is 0 Å². The van der Waals surface area contributed by atoms with Crippen LogP contribution in [0.5, 0.6) is 0 Å². The summed E-state index contributed by atoms with van der Waals surface area (Å²) in [5, 5.41) is 3.52. The van der Waals surface area contributed by atoms with Crippen molar-refractivity contribution in [1.29, 1.82) is 0 Å². The van der Waals surface area contributed by atoms with Gasteiger partial charge in [0.2, 0.25) is 0 Å². The van der Waals surface area contributed by atoms with Gasteiger partial charge in [0.25, 0.3) is 0 Å². The Morgan fingerprint density at radius 1 is 0.576 bits per heavy atom. The topological polar surface area (TPSA) is 67.9 Å². The quantitative estimate of drug-likeness (QED) is 0.0667. The summed E-state index contributed by atoms with van der Waals surface area (Å²) in [7, 11) is 0. The first-order valence-corrected chi connectivity index (χ1v) is 22.0. The van der Waals surface area contributed by atoms with Crippen LogP contribution in [0.2, 0.25) is 0 Å². The number of nitrogens with one attached hydrogen (secondary N) is 1. The minimum atomic E-state index is -0.948. The third-order valence-electron chi connectivity index (χ3n) is 10.0. The first-order chi connectivity index (χ1) is 31.3. The molecule has 3 atom stereocenters.